The second-order valence-corrected chi connectivity index (χ2v) is 5.61. The van der Waals surface area contributed by atoms with E-state index in [0.717, 1.165) is 25.1 Å². The Morgan fingerprint density at radius 3 is 2.81 bits per heavy atom. The Balaban J connectivity index is 1.95. The Bertz CT molecular complexity index is 476. The van der Waals surface area contributed by atoms with Crippen LogP contribution in [-0.4, -0.2) is 31.8 Å². The number of hydrogen-bond donors (Lipinski definition) is 2. The van der Waals surface area contributed by atoms with Crippen molar-refractivity contribution in [3.05, 3.63) is 28.8 Å². The van der Waals surface area contributed by atoms with Crippen LogP contribution in [0.2, 0.25) is 5.02 Å². The molecule has 0 amide bonds. The molecule has 1 heterocycles. The molecule has 2 N–H and O–H groups in total. The molecule has 1 fully saturated rings. The van der Waals surface area contributed by atoms with Gasteiger partial charge in [-0.2, -0.15) is 13.2 Å². The van der Waals surface area contributed by atoms with Crippen LogP contribution in [0.4, 0.5) is 18.9 Å². The molecule has 2 atom stereocenters. The summed E-state index contributed by atoms with van der Waals surface area (Å²) in [4.78, 5) is 0. The van der Waals surface area contributed by atoms with Crippen molar-refractivity contribution in [2.24, 2.45) is 0 Å². The van der Waals surface area contributed by atoms with E-state index >= 15 is 0 Å². The lowest BCUT2D eigenvalue weighted by molar-refractivity contribution is -0.137. The molecule has 1 saturated heterocycles. The summed E-state index contributed by atoms with van der Waals surface area (Å²) >= 11 is 5.92. The molecule has 0 radical (unpaired) electrons. The van der Waals surface area contributed by atoms with E-state index in [1.807, 2.05) is 6.92 Å². The van der Waals surface area contributed by atoms with E-state index in [1.165, 1.54) is 6.07 Å². The predicted molar refractivity (Wildman–Crippen MR) is 76.8 cm³/mol. The van der Waals surface area contributed by atoms with Gasteiger partial charge in [-0.1, -0.05) is 11.6 Å². The Labute approximate surface area is 126 Å². The first-order valence-corrected chi connectivity index (χ1v) is 7.18. The van der Waals surface area contributed by atoms with Crippen molar-refractivity contribution in [2.45, 2.75) is 31.6 Å². The quantitative estimate of drug-likeness (QED) is 0.889. The number of ether oxygens (including phenoxy) is 1. The van der Waals surface area contributed by atoms with Crippen molar-refractivity contribution >= 4 is 17.3 Å². The lowest BCUT2D eigenvalue weighted by atomic mass is 10.1. The normalized spacial score (nSPS) is 21.1. The van der Waals surface area contributed by atoms with Crippen LogP contribution >= 0.6 is 11.6 Å². The van der Waals surface area contributed by atoms with Gasteiger partial charge in [-0.3, -0.25) is 0 Å². The molecule has 7 heteroatoms. The van der Waals surface area contributed by atoms with Crippen molar-refractivity contribution in [3.63, 3.8) is 0 Å². The minimum absolute atomic E-state index is 0.0680. The SMILES string of the molecule is CC(CC1COCCN1)Nc1ccc(C(F)(F)F)cc1Cl. The molecule has 1 aromatic carbocycles. The number of alkyl halides is 3. The third kappa shape index (κ3) is 4.76. The van der Waals surface area contributed by atoms with Gasteiger partial charge in [0.2, 0.25) is 0 Å². The molecule has 2 unspecified atom stereocenters. The molecular formula is C14H18ClF3N2O. The molecule has 118 valence electrons. The number of anilines is 1. The number of morpholine rings is 1. The molecule has 1 aliphatic rings. The summed E-state index contributed by atoms with van der Waals surface area (Å²) in [6.07, 6.45) is -3.57. The van der Waals surface area contributed by atoms with Crippen molar-refractivity contribution in [1.82, 2.24) is 5.32 Å². The third-order valence-corrected chi connectivity index (χ3v) is 3.65. The molecule has 0 bridgehead atoms. The van der Waals surface area contributed by atoms with Crippen LogP contribution in [-0.2, 0) is 10.9 Å². The van der Waals surface area contributed by atoms with Gasteiger partial charge in [-0.15, -0.1) is 0 Å². The van der Waals surface area contributed by atoms with Gasteiger partial charge in [-0.05, 0) is 31.5 Å². The van der Waals surface area contributed by atoms with Gasteiger partial charge >= 0.3 is 6.18 Å². The van der Waals surface area contributed by atoms with E-state index in [1.54, 1.807) is 0 Å². The zero-order valence-corrected chi connectivity index (χ0v) is 12.4. The zero-order chi connectivity index (χ0) is 15.5. The average Bonchev–Trinajstić information content (AvgIpc) is 2.41. The third-order valence-electron chi connectivity index (χ3n) is 3.33. The van der Waals surface area contributed by atoms with Crippen molar-refractivity contribution in [2.75, 3.05) is 25.1 Å². The smallest absolute Gasteiger partial charge is 0.381 e. The van der Waals surface area contributed by atoms with Gasteiger partial charge in [0.25, 0.3) is 0 Å². The van der Waals surface area contributed by atoms with Gasteiger partial charge in [0, 0.05) is 18.6 Å². The van der Waals surface area contributed by atoms with E-state index in [2.05, 4.69) is 10.6 Å². The summed E-state index contributed by atoms with van der Waals surface area (Å²) in [6, 6.07) is 3.65. The topological polar surface area (TPSA) is 33.3 Å². The standard InChI is InChI=1S/C14H18ClF3N2O/c1-9(6-11-8-21-5-4-19-11)20-13-3-2-10(7-12(13)15)14(16,17)18/h2-3,7,9,11,19-20H,4-6,8H2,1H3. The zero-order valence-electron chi connectivity index (χ0n) is 11.6. The second-order valence-electron chi connectivity index (χ2n) is 5.20. The molecule has 0 aliphatic carbocycles. The highest BCUT2D eigenvalue weighted by Crippen LogP contribution is 2.34. The lowest BCUT2D eigenvalue weighted by Gasteiger charge is -2.27. The van der Waals surface area contributed by atoms with Crippen LogP contribution in [0.1, 0.15) is 18.9 Å². The maximum Gasteiger partial charge on any atom is 0.416 e. The van der Waals surface area contributed by atoms with E-state index in [-0.39, 0.29) is 17.1 Å². The average molecular weight is 323 g/mol. The Hall–Kier alpha value is -0.980. The van der Waals surface area contributed by atoms with Crippen LogP contribution in [0.5, 0.6) is 0 Å². The monoisotopic (exact) mass is 322 g/mol. The first kappa shape index (κ1) is 16.4. The summed E-state index contributed by atoms with van der Waals surface area (Å²) in [6.45, 7) is 4.14. The van der Waals surface area contributed by atoms with Crippen LogP contribution in [0, 0.1) is 0 Å². The highest BCUT2D eigenvalue weighted by molar-refractivity contribution is 6.33. The van der Waals surface area contributed by atoms with E-state index < -0.39 is 11.7 Å². The molecule has 1 aromatic rings. The summed E-state index contributed by atoms with van der Waals surface area (Å²) in [5.41, 5.74) is -0.234. The Morgan fingerprint density at radius 1 is 1.48 bits per heavy atom. The minimum atomic E-state index is -4.38. The first-order valence-electron chi connectivity index (χ1n) is 6.80. The number of halogens is 4. The lowest BCUT2D eigenvalue weighted by Crippen LogP contribution is -2.43. The molecule has 0 aromatic heterocycles. The van der Waals surface area contributed by atoms with E-state index in [4.69, 9.17) is 16.3 Å². The number of benzene rings is 1. The molecule has 0 saturated carbocycles. The summed E-state index contributed by atoms with van der Waals surface area (Å²) in [5, 5.41) is 6.55. The molecule has 0 spiro atoms. The molecule has 3 nitrogen and oxygen atoms in total. The van der Waals surface area contributed by atoms with E-state index in [9.17, 15) is 13.2 Å². The fourth-order valence-electron chi connectivity index (χ4n) is 2.33. The van der Waals surface area contributed by atoms with Crippen LogP contribution in [0.25, 0.3) is 0 Å². The molecule has 21 heavy (non-hydrogen) atoms. The van der Waals surface area contributed by atoms with Crippen LogP contribution in [0.3, 0.4) is 0 Å². The summed E-state index contributed by atoms with van der Waals surface area (Å²) in [7, 11) is 0. The van der Waals surface area contributed by atoms with Crippen molar-refractivity contribution in [3.8, 4) is 0 Å². The van der Waals surface area contributed by atoms with Crippen molar-refractivity contribution < 1.29 is 17.9 Å². The maximum absolute atomic E-state index is 12.6. The van der Waals surface area contributed by atoms with Crippen LogP contribution < -0.4 is 10.6 Å². The van der Waals surface area contributed by atoms with Crippen molar-refractivity contribution in [1.29, 1.82) is 0 Å². The van der Waals surface area contributed by atoms with Gasteiger partial charge in [0.05, 0.1) is 29.5 Å². The van der Waals surface area contributed by atoms with Gasteiger partial charge in [0.1, 0.15) is 0 Å². The second kappa shape index (κ2) is 6.85. The first-order chi connectivity index (χ1) is 9.86. The van der Waals surface area contributed by atoms with E-state index in [0.29, 0.717) is 18.9 Å². The number of hydrogen-bond acceptors (Lipinski definition) is 3. The fourth-order valence-corrected chi connectivity index (χ4v) is 2.57. The van der Waals surface area contributed by atoms with Gasteiger partial charge < -0.3 is 15.4 Å². The Kier molecular flexibility index (Phi) is 5.35. The fraction of sp³-hybridized carbons (Fsp3) is 0.571. The molecule has 1 aliphatic heterocycles. The molecule has 2 rings (SSSR count). The highest BCUT2D eigenvalue weighted by atomic mass is 35.5. The van der Waals surface area contributed by atoms with Crippen LogP contribution in [0.15, 0.2) is 18.2 Å². The molecular weight excluding hydrogens is 305 g/mol. The van der Waals surface area contributed by atoms with Gasteiger partial charge in [0.15, 0.2) is 0 Å². The summed E-state index contributed by atoms with van der Waals surface area (Å²) < 4.78 is 43.1. The number of rotatable bonds is 4. The predicted octanol–water partition coefficient (Wildman–Crippen LogP) is 3.54. The summed E-state index contributed by atoms with van der Waals surface area (Å²) in [5.74, 6) is 0. The minimum Gasteiger partial charge on any atom is -0.381 e. The number of nitrogens with one attached hydrogen (secondary N) is 2. The Morgan fingerprint density at radius 2 is 2.24 bits per heavy atom. The maximum atomic E-state index is 12.6. The van der Waals surface area contributed by atoms with Gasteiger partial charge in [-0.25, -0.2) is 0 Å². The highest BCUT2D eigenvalue weighted by Gasteiger charge is 2.31. The largest absolute Gasteiger partial charge is 0.416 e.